The van der Waals surface area contributed by atoms with E-state index in [1.54, 1.807) is 17.8 Å². The molecule has 1 atom stereocenters. The summed E-state index contributed by atoms with van der Waals surface area (Å²) in [4.78, 5) is 13.5. The van der Waals surface area contributed by atoms with E-state index in [2.05, 4.69) is 17.2 Å². The van der Waals surface area contributed by atoms with Gasteiger partial charge in [-0.15, -0.1) is 11.8 Å². The van der Waals surface area contributed by atoms with Crippen molar-refractivity contribution in [2.24, 2.45) is 0 Å². The molecule has 6 heteroatoms. The van der Waals surface area contributed by atoms with Crippen LogP contribution < -0.4 is 10.6 Å². The number of rotatable bonds is 5. The first-order valence-electron chi connectivity index (χ1n) is 6.77. The summed E-state index contributed by atoms with van der Waals surface area (Å²) in [6.07, 6.45) is 3.57. The maximum absolute atomic E-state index is 12.3. The number of nitrogens with one attached hydrogen (secondary N) is 2. The van der Waals surface area contributed by atoms with Gasteiger partial charge in [-0.05, 0) is 43.1 Å². The van der Waals surface area contributed by atoms with Gasteiger partial charge in [-0.2, -0.15) is 0 Å². The highest BCUT2D eigenvalue weighted by Crippen LogP contribution is 2.28. The maximum Gasteiger partial charge on any atom is 0.338 e. The lowest BCUT2D eigenvalue weighted by Gasteiger charge is -2.29. The highest BCUT2D eigenvalue weighted by Gasteiger charge is 2.30. The molecule has 0 aliphatic carbocycles. The first-order chi connectivity index (χ1) is 10.6. The standard InChI is InChI=1S/C16H18N2O2S2/c1-4-9-20-15(19)13-10(2)17-16(21)18-14(13)11-5-7-12(22-3)8-6-11/h4-8,14H,1,9H2,2-3H3,(H2,17,18,21)/t14-/m0/s1. The normalized spacial score (nSPS) is 17.5. The number of allylic oxidation sites excluding steroid dienone is 1. The Kier molecular flexibility index (Phi) is 5.63. The molecule has 1 aliphatic rings. The van der Waals surface area contributed by atoms with E-state index in [9.17, 15) is 4.79 Å². The Bertz CT molecular complexity index is 624. The molecule has 0 aromatic heterocycles. The molecule has 2 rings (SSSR count). The fourth-order valence-electron chi connectivity index (χ4n) is 2.22. The summed E-state index contributed by atoms with van der Waals surface area (Å²) in [5, 5.41) is 6.61. The van der Waals surface area contributed by atoms with Crippen molar-refractivity contribution in [2.45, 2.75) is 17.9 Å². The molecule has 0 radical (unpaired) electrons. The molecule has 4 nitrogen and oxygen atoms in total. The van der Waals surface area contributed by atoms with E-state index in [-0.39, 0.29) is 18.6 Å². The molecule has 0 amide bonds. The van der Waals surface area contributed by atoms with Crippen LogP contribution in [0.5, 0.6) is 0 Å². The van der Waals surface area contributed by atoms with Gasteiger partial charge in [0.05, 0.1) is 11.6 Å². The van der Waals surface area contributed by atoms with Crippen molar-refractivity contribution in [2.75, 3.05) is 12.9 Å². The van der Waals surface area contributed by atoms with E-state index < -0.39 is 0 Å². The first kappa shape index (κ1) is 16.6. The maximum atomic E-state index is 12.3. The van der Waals surface area contributed by atoms with Crippen LogP contribution >= 0.6 is 24.0 Å². The average molecular weight is 334 g/mol. The molecule has 1 aromatic rings. The topological polar surface area (TPSA) is 50.4 Å². The van der Waals surface area contributed by atoms with E-state index in [4.69, 9.17) is 17.0 Å². The number of hydrogen-bond acceptors (Lipinski definition) is 4. The number of ether oxygens (including phenoxy) is 1. The molecule has 0 saturated heterocycles. The molecule has 22 heavy (non-hydrogen) atoms. The van der Waals surface area contributed by atoms with Gasteiger partial charge in [-0.3, -0.25) is 0 Å². The van der Waals surface area contributed by atoms with Gasteiger partial charge in [0, 0.05) is 10.6 Å². The van der Waals surface area contributed by atoms with Gasteiger partial charge in [0.2, 0.25) is 0 Å². The van der Waals surface area contributed by atoms with Crippen LogP contribution in [0.2, 0.25) is 0 Å². The van der Waals surface area contributed by atoms with Crippen molar-refractivity contribution < 1.29 is 9.53 Å². The highest BCUT2D eigenvalue weighted by atomic mass is 32.2. The molecule has 0 unspecified atom stereocenters. The molecule has 116 valence electrons. The Morgan fingerprint density at radius 3 is 2.73 bits per heavy atom. The van der Waals surface area contributed by atoms with Gasteiger partial charge >= 0.3 is 5.97 Å². The molecule has 2 N–H and O–H groups in total. The van der Waals surface area contributed by atoms with E-state index >= 15 is 0 Å². The third-order valence-corrected chi connectivity index (χ3v) is 4.23. The van der Waals surface area contributed by atoms with Gasteiger partial charge in [-0.1, -0.05) is 24.8 Å². The summed E-state index contributed by atoms with van der Waals surface area (Å²) in [5.74, 6) is -0.376. The van der Waals surface area contributed by atoms with Gasteiger partial charge in [0.15, 0.2) is 5.11 Å². The molecular formula is C16H18N2O2S2. The number of thioether (sulfide) groups is 1. The van der Waals surface area contributed by atoms with Crippen molar-refractivity contribution in [1.82, 2.24) is 10.6 Å². The van der Waals surface area contributed by atoms with Crippen molar-refractivity contribution in [3.63, 3.8) is 0 Å². The van der Waals surface area contributed by atoms with Crippen LogP contribution in [0, 0.1) is 0 Å². The second-order valence-corrected chi connectivity index (χ2v) is 6.02. The SMILES string of the molecule is C=CCOC(=O)C1=C(C)NC(=S)N[C@H]1c1ccc(SC)cc1. The van der Waals surface area contributed by atoms with Crippen LogP contribution in [0.1, 0.15) is 18.5 Å². The summed E-state index contributed by atoms with van der Waals surface area (Å²) in [5.41, 5.74) is 2.20. The van der Waals surface area contributed by atoms with Gasteiger partial charge in [-0.25, -0.2) is 4.79 Å². The summed E-state index contributed by atoms with van der Waals surface area (Å²) in [6.45, 7) is 5.56. The van der Waals surface area contributed by atoms with Crippen molar-refractivity contribution in [1.29, 1.82) is 0 Å². The number of benzene rings is 1. The highest BCUT2D eigenvalue weighted by molar-refractivity contribution is 7.98. The van der Waals surface area contributed by atoms with Crippen molar-refractivity contribution in [3.05, 3.63) is 53.8 Å². The zero-order chi connectivity index (χ0) is 16.1. The van der Waals surface area contributed by atoms with Crippen LogP contribution in [0.4, 0.5) is 0 Å². The number of carbonyl (C=O) groups is 1. The zero-order valence-corrected chi connectivity index (χ0v) is 14.1. The molecule has 0 spiro atoms. The third kappa shape index (κ3) is 3.69. The lowest BCUT2D eigenvalue weighted by Crippen LogP contribution is -2.45. The number of hydrogen-bond donors (Lipinski definition) is 2. The Hall–Kier alpha value is -1.79. The molecule has 1 heterocycles. The Labute approximate surface area is 140 Å². The Morgan fingerprint density at radius 1 is 1.45 bits per heavy atom. The molecule has 0 bridgehead atoms. The van der Waals surface area contributed by atoms with Crippen LogP contribution in [-0.4, -0.2) is 23.9 Å². The van der Waals surface area contributed by atoms with Gasteiger partial charge in [0.1, 0.15) is 6.61 Å². The van der Waals surface area contributed by atoms with Crippen LogP contribution in [0.25, 0.3) is 0 Å². The number of thiocarbonyl (C=S) groups is 1. The Balaban J connectivity index is 2.36. The monoisotopic (exact) mass is 334 g/mol. The summed E-state index contributed by atoms with van der Waals surface area (Å²) < 4.78 is 5.19. The predicted octanol–water partition coefficient (Wildman–Crippen LogP) is 2.93. The van der Waals surface area contributed by atoms with E-state index in [0.29, 0.717) is 16.4 Å². The van der Waals surface area contributed by atoms with Crippen molar-refractivity contribution in [3.8, 4) is 0 Å². The van der Waals surface area contributed by atoms with Gasteiger partial charge < -0.3 is 15.4 Å². The quantitative estimate of drug-likeness (QED) is 0.374. The summed E-state index contributed by atoms with van der Waals surface area (Å²) >= 11 is 6.88. The fourth-order valence-corrected chi connectivity index (χ4v) is 2.90. The van der Waals surface area contributed by atoms with Crippen molar-refractivity contribution >= 4 is 35.1 Å². The second kappa shape index (κ2) is 7.47. The molecule has 0 saturated carbocycles. The van der Waals surface area contributed by atoms with E-state index in [0.717, 1.165) is 10.5 Å². The molecular weight excluding hydrogens is 316 g/mol. The minimum Gasteiger partial charge on any atom is -0.458 e. The summed E-state index contributed by atoms with van der Waals surface area (Å²) in [7, 11) is 0. The predicted molar refractivity (Wildman–Crippen MR) is 93.7 cm³/mol. The first-order valence-corrected chi connectivity index (χ1v) is 8.40. The number of esters is 1. The summed E-state index contributed by atoms with van der Waals surface area (Å²) in [6, 6.07) is 7.71. The Morgan fingerprint density at radius 2 is 2.14 bits per heavy atom. The lowest BCUT2D eigenvalue weighted by atomic mass is 9.96. The van der Waals surface area contributed by atoms with E-state index in [1.807, 2.05) is 37.4 Å². The lowest BCUT2D eigenvalue weighted by molar-refractivity contribution is -0.138. The van der Waals surface area contributed by atoms with Crippen LogP contribution in [-0.2, 0) is 9.53 Å². The van der Waals surface area contributed by atoms with Gasteiger partial charge in [0.25, 0.3) is 0 Å². The minimum absolute atomic E-state index is 0.179. The molecule has 1 aromatic carbocycles. The largest absolute Gasteiger partial charge is 0.458 e. The fraction of sp³-hybridized carbons (Fsp3) is 0.250. The average Bonchev–Trinajstić information content (AvgIpc) is 2.52. The van der Waals surface area contributed by atoms with Crippen LogP contribution in [0.15, 0.2) is 53.1 Å². The molecule has 1 aliphatic heterocycles. The molecule has 0 fully saturated rings. The minimum atomic E-state index is -0.376. The zero-order valence-electron chi connectivity index (χ0n) is 12.5. The van der Waals surface area contributed by atoms with Crippen LogP contribution in [0.3, 0.4) is 0 Å². The second-order valence-electron chi connectivity index (χ2n) is 4.73. The third-order valence-electron chi connectivity index (χ3n) is 3.27. The number of carbonyl (C=O) groups excluding carboxylic acids is 1. The smallest absolute Gasteiger partial charge is 0.338 e. The van der Waals surface area contributed by atoms with E-state index in [1.165, 1.54) is 0 Å².